The summed E-state index contributed by atoms with van der Waals surface area (Å²) in [6.07, 6.45) is 2.05. The molecule has 23 heavy (non-hydrogen) atoms. The zero-order valence-electron chi connectivity index (χ0n) is 12.2. The van der Waals surface area contributed by atoms with Gasteiger partial charge < -0.3 is 9.84 Å². The summed E-state index contributed by atoms with van der Waals surface area (Å²) in [6, 6.07) is 16.9. The summed E-state index contributed by atoms with van der Waals surface area (Å²) < 4.78 is 6.53. The summed E-state index contributed by atoms with van der Waals surface area (Å²) in [5.41, 5.74) is 1.37. The molecule has 1 N–H and O–H groups in total. The third kappa shape index (κ3) is 4.97. The van der Waals surface area contributed by atoms with E-state index in [9.17, 15) is 4.79 Å². The van der Waals surface area contributed by atoms with Gasteiger partial charge in [0.25, 0.3) is 0 Å². The van der Waals surface area contributed by atoms with E-state index in [0.29, 0.717) is 17.9 Å². The van der Waals surface area contributed by atoms with Crippen molar-refractivity contribution in [2.24, 2.45) is 0 Å². The van der Waals surface area contributed by atoms with E-state index >= 15 is 0 Å². The summed E-state index contributed by atoms with van der Waals surface area (Å²) in [7, 11) is 0. The number of halogens is 1. The fourth-order valence-corrected chi connectivity index (χ4v) is 2.36. The van der Waals surface area contributed by atoms with Crippen LogP contribution < -0.4 is 4.74 Å². The predicted octanol–water partition coefficient (Wildman–Crippen LogP) is 4.06. The Labute approximate surface area is 142 Å². The Balaban J connectivity index is 2.16. The van der Waals surface area contributed by atoms with Crippen LogP contribution in [0.2, 0.25) is 0 Å². The Hall–Kier alpha value is -2.58. The Morgan fingerprint density at radius 1 is 1.26 bits per heavy atom. The first kappa shape index (κ1) is 16.8. The van der Waals surface area contributed by atoms with E-state index in [1.165, 1.54) is 6.08 Å². The van der Waals surface area contributed by atoms with E-state index in [2.05, 4.69) is 15.9 Å². The summed E-state index contributed by atoms with van der Waals surface area (Å²) >= 11 is 3.33. The minimum absolute atomic E-state index is 0.337. The second-order valence-corrected chi connectivity index (χ2v) is 5.66. The van der Waals surface area contributed by atoms with Gasteiger partial charge in [-0.2, -0.15) is 5.26 Å². The minimum Gasteiger partial charge on any atom is -0.493 e. The molecule has 0 unspecified atom stereocenters. The maximum atomic E-state index is 11.0. The van der Waals surface area contributed by atoms with Gasteiger partial charge in [0.1, 0.15) is 17.4 Å². The van der Waals surface area contributed by atoms with E-state index in [1.807, 2.05) is 36.4 Å². The first-order valence-corrected chi connectivity index (χ1v) is 7.71. The number of benzene rings is 2. The molecule has 0 aliphatic rings. The number of ether oxygens (including phenoxy) is 1. The Bertz CT molecular complexity index is 764. The topological polar surface area (TPSA) is 70.3 Å². The van der Waals surface area contributed by atoms with Crippen LogP contribution in [0.4, 0.5) is 0 Å². The normalized spacial score (nSPS) is 10.9. The van der Waals surface area contributed by atoms with Crippen LogP contribution in [0, 0.1) is 11.3 Å². The SMILES string of the molecule is N#CC(=Cc1cc(Br)ccc1OCCc1ccccc1)C(=O)O. The maximum Gasteiger partial charge on any atom is 0.346 e. The third-order valence-electron chi connectivity index (χ3n) is 3.11. The van der Waals surface area contributed by atoms with Crippen molar-refractivity contribution in [2.45, 2.75) is 6.42 Å². The number of nitriles is 1. The van der Waals surface area contributed by atoms with Crippen LogP contribution in [-0.2, 0) is 11.2 Å². The van der Waals surface area contributed by atoms with Crippen LogP contribution in [-0.4, -0.2) is 17.7 Å². The van der Waals surface area contributed by atoms with Gasteiger partial charge in [0.2, 0.25) is 0 Å². The van der Waals surface area contributed by atoms with Crippen LogP contribution in [0.15, 0.2) is 58.6 Å². The molecule has 2 aromatic rings. The van der Waals surface area contributed by atoms with Crippen LogP contribution in [0.25, 0.3) is 6.08 Å². The largest absolute Gasteiger partial charge is 0.493 e. The van der Waals surface area contributed by atoms with Gasteiger partial charge in [-0.15, -0.1) is 0 Å². The first-order chi connectivity index (χ1) is 11.1. The van der Waals surface area contributed by atoms with Gasteiger partial charge in [0.15, 0.2) is 0 Å². The number of nitrogens with zero attached hydrogens (tertiary/aromatic N) is 1. The molecule has 0 atom stereocenters. The van der Waals surface area contributed by atoms with Crippen LogP contribution in [0.5, 0.6) is 5.75 Å². The van der Waals surface area contributed by atoms with Crippen molar-refractivity contribution in [1.29, 1.82) is 5.26 Å². The van der Waals surface area contributed by atoms with Crippen molar-refractivity contribution < 1.29 is 14.6 Å². The van der Waals surface area contributed by atoms with Gasteiger partial charge in [-0.1, -0.05) is 46.3 Å². The van der Waals surface area contributed by atoms with Crippen molar-refractivity contribution in [3.8, 4) is 11.8 Å². The molecule has 0 fully saturated rings. The number of hydrogen-bond donors (Lipinski definition) is 1. The molecule has 0 saturated carbocycles. The van der Waals surface area contributed by atoms with Gasteiger partial charge in [-0.3, -0.25) is 0 Å². The highest BCUT2D eigenvalue weighted by Gasteiger charge is 2.09. The van der Waals surface area contributed by atoms with Gasteiger partial charge in [-0.05, 0) is 29.8 Å². The standard InChI is InChI=1S/C18H14BrNO3/c19-16-6-7-17(14(11-16)10-15(12-20)18(21)22)23-9-8-13-4-2-1-3-5-13/h1-7,10-11H,8-9H2,(H,21,22). The maximum absolute atomic E-state index is 11.0. The number of rotatable bonds is 6. The molecule has 2 rings (SSSR count). The molecule has 0 aromatic heterocycles. The minimum atomic E-state index is -1.26. The van der Waals surface area contributed by atoms with E-state index in [0.717, 1.165) is 16.5 Å². The van der Waals surface area contributed by atoms with E-state index in [4.69, 9.17) is 15.1 Å². The van der Waals surface area contributed by atoms with E-state index in [-0.39, 0.29) is 5.57 Å². The summed E-state index contributed by atoms with van der Waals surface area (Å²) in [4.78, 5) is 11.0. The molecule has 4 nitrogen and oxygen atoms in total. The lowest BCUT2D eigenvalue weighted by molar-refractivity contribution is -0.132. The van der Waals surface area contributed by atoms with Gasteiger partial charge in [0.05, 0.1) is 6.61 Å². The van der Waals surface area contributed by atoms with Gasteiger partial charge >= 0.3 is 5.97 Å². The highest BCUT2D eigenvalue weighted by atomic mass is 79.9. The molecule has 0 aliphatic carbocycles. The van der Waals surface area contributed by atoms with Crippen LogP contribution in [0.1, 0.15) is 11.1 Å². The fraction of sp³-hybridized carbons (Fsp3) is 0.111. The number of carboxylic acids is 1. The highest BCUT2D eigenvalue weighted by molar-refractivity contribution is 9.10. The van der Waals surface area contributed by atoms with Crippen molar-refractivity contribution in [3.05, 3.63) is 69.7 Å². The summed E-state index contributed by atoms with van der Waals surface area (Å²) in [5.74, 6) is -0.721. The molecule has 0 radical (unpaired) electrons. The smallest absolute Gasteiger partial charge is 0.346 e. The predicted molar refractivity (Wildman–Crippen MR) is 91.0 cm³/mol. The molecular formula is C18H14BrNO3. The lowest BCUT2D eigenvalue weighted by Crippen LogP contribution is -2.03. The molecule has 0 spiro atoms. The number of hydrogen-bond acceptors (Lipinski definition) is 3. The molecule has 0 amide bonds. The molecular weight excluding hydrogens is 358 g/mol. The lowest BCUT2D eigenvalue weighted by atomic mass is 10.1. The zero-order chi connectivity index (χ0) is 16.7. The van der Waals surface area contributed by atoms with Crippen molar-refractivity contribution in [2.75, 3.05) is 6.61 Å². The van der Waals surface area contributed by atoms with Crippen LogP contribution >= 0.6 is 15.9 Å². The molecule has 0 saturated heterocycles. The Morgan fingerprint density at radius 2 is 2.00 bits per heavy atom. The average molecular weight is 372 g/mol. The molecule has 116 valence electrons. The lowest BCUT2D eigenvalue weighted by Gasteiger charge is -2.10. The third-order valence-corrected chi connectivity index (χ3v) is 3.61. The first-order valence-electron chi connectivity index (χ1n) is 6.91. The average Bonchev–Trinajstić information content (AvgIpc) is 2.55. The monoisotopic (exact) mass is 371 g/mol. The molecule has 0 aliphatic heterocycles. The quantitative estimate of drug-likeness (QED) is 0.613. The zero-order valence-corrected chi connectivity index (χ0v) is 13.8. The van der Waals surface area contributed by atoms with Crippen molar-refractivity contribution in [3.63, 3.8) is 0 Å². The van der Waals surface area contributed by atoms with Gasteiger partial charge in [0, 0.05) is 16.5 Å². The molecule has 0 heterocycles. The molecule has 5 heteroatoms. The van der Waals surface area contributed by atoms with Crippen molar-refractivity contribution >= 4 is 28.0 Å². The number of carboxylic acid groups (broad SMARTS) is 1. The van der Waals surface area contributed by atoms with Crippen molar-refractivity contribution in [1.82, 2.24) is 0 Å². The molecule has 0 bridgehead atoms. The number of aliphatic carboxylic acids is 1. The Morgan fingerprint density at radius 3 is 2.65 bits per heavy atom. The summed E-state index contributed by atoms with van der Waals surface area (Å²) in [5, 5.41) is 17.9. The number of carbonyl (C=O) groups is 1. The fourth-order valence-electron chi connectivity index (χ4n) is 1.98. The second kappa shape index (κ2) is 8.16. The van der Waals surface area contributed by atoms with Crippen LogP contribution in [0.3, 0.4) is 0 Å². The van der Waals surface area contributed by atoms with E-state index < -0.39 is 5.97 Å². The highest BCUT2D eigenvalue weighted by Crippen LogP contribution is 2.26. The Kier molecular flexibility index (Phi) is 5.95. The van der Waals surface area contributed by atoms with Gasteiger partial charge in [-0.25, -0.2) is 4.79 Å². The van der Waals surface area contributed by atoms with E-state index in [1.54, 1.807) is 18.2 Å². The summed E-state index contributed by atoms with van der Waals surface area (Å²) in [6.45, 7) is 0.460. The second-order valence-electron chi connectivity index (χ2n) is 4.74. The molecule has 2 aromatic carbocycles.